The summed E-state index contributed by atoms with van der Waals surface area (Å²) in [6.07, 6.45) is 15.4. The molecule has 0 bridgehead atoms. The molecule has 0 saturated heterocycles. The van der Waals surface area contributed by atoms with Gasteiger partial charge in [0, 0.05) is 38.9 Å². The lowest BCUT2D eigenvalue weighted by Crippen LogP contribution is -2.61. The van der Waals surface area contributed by atoms with Crippen LogP contribution in [-0.2, 0) is 27.1 Å². The predicted octanol–water partition coefficient (Wildman–Crippen LogP) is 15.6. The maximum Gasteiger partial charge on any atom is 0.252 e. The summed E-state index contributed by atoms with van der Waals surface area (Å²) in [5.74, 6) is 1.01. The van der Waals surface area contributed by atoms with E-state index >= 15 is 0 Å². The molecule has 5 aliphatic rings. The quantitative estimate of drug-likeness (QED) is 0.0731. The van der Waals surface area contributed by atoms with Crippen LogP contribution in [0.3, 0.4) is 0 Å². The van der Waals surface area contributed by atoms with Gasteiger partial charge < -0.3 is 14.2 Å². The van der Waals surface area contributed by atoms with Crippen molar-refractivity contribution in [1.29, 1.82) is 0 Å². The van der Waals surface area contributed by atoms with Crippen molar-refractivity contribution in [2.45, 2.75) is 162 Å². The van der Waals surface area contributed by atoms with Gasteiger partial charge in [0.25, 0.3) is 6.71 Å². The SMILES string of the molecule is CC(C)(C)C(/C=C\CN1C2=C3B(c4cc5c(cc41)C(C)(C)CCC5(C)C)c1c(oc4cc5c(cc14)C(C)(C)CCC5(C)C)N(c1ccc(C(C)(C)C)cc1)C3CC(c1ccccc1)=C2)=C/CI. The number of rotatable bonds is 6. The number of hydrogen-bond donors (Lipinski definition) is 0. The molecule has 1 atom stereocenters. The molecular weight excluding hydrogens is 926 g/mol. The number of hydrogen-bond acceptors (Lipinski definition) is 3. The van der Waals surface area contributed by atoms with Crippen LogP contribution in [0.15, 0.2) is 124 Å². The molecule has 5 aromatic rings. The highest BCUT2D eigenvalue weighted by Crippen LogP contribution is 2.53. The Kier molecular flexibility index (Phi) is 11.0. The second-order valence-corrected chi connectivity index (χ2v) is 26.4. The summed E-state index contributed by atoms with van der Waals surface area (Å²) in [7, 11) is 0. The Morgan fingerprint density at radius 3 is 1.91 bits per heavy atom. The van der Waals surface area contributed by atoms with Crippen LogP contribution < -0.4 is 20.7 Å². The van der Waals surface area contributed by atoms with Crippen molar-refractivity contribution in [3.63, 3.8) is 0 Å². The molecule has 348 valence electrons. The number of benzene rings is 4. The van der Waals surface area contributed by atoms with Crippen LogP contribution in [0.4, 0.5) is 17.3 Å². The van der Waals surface area contributed by atoms with Crippen molar-refractivity contribution >= 4 is 74.0 Å². The van der Waals surface area contributed by atoms with E-state index in [0.717, 1.165) is 28.9 Å². The van der Waals surface area contributed by atoms with E-state index in [2.05, 4.69) is 232 Å². The molecule has 3 heterocycles. The van der Waals surface area contributed by atoms with E-state index < -0.39 is 0 Å². The minimum Gasteiger partial charge on any atom is -0.441 e. The number of allylic oxidation sites excluding steroid dienone is 4. The van der Waals surface area contributed by atoms with E-state index in [1.807, 2.05) is 0 Å². The van der Waals surface area contributed by atoms with Crippen molar-refractivity contribution in [2.24, 2.45) is 5.41 Å². The zero-order valence-corrected chi connectivity index (χ0v) is 45.3. The predicted molar refractivity (Wildman–Crippen MR) is 298 cm³/mol. The van der Waals surface area contributed by atoms with Crippen LogP contribution in [0.25, 0.3) is 16.5 Å². The minimum absolute atomic E-state index is 0.0260. The molecule has 0 saturated carbocycles. The molecule has 3 nitrogen and oxygen atoms in total. The average Bonchev–Trinajstić information content (AvgIpc) is 3.64. The molecule has 4 aromatic carbocycles. The zero-order valence-electron chi connectivity index (χ0n) is 43.1. The zero-order chi connectivity index (χ0) is 47.8. The van der Waals surface area contributed by atoms with E-state index in [1.54, 1.807) is 0 Å². The van der Waals surface area contributed by atoms with E-state index in [-0.39, 0.29) is 45.2 Å². The number of anilines is 3. The third kappa shape index (κ3) is 7.75. The normalized spacial score (nSPS) is 21.5. The van der Waals surface area contributed by atoms with Gasteiger partial charge in [-0.05, 0) is 156 Å². The highest BCUT2D eigenvalue weighted by atomic mass is 127. The summed E-state index contributed by atoms with van der Waals surface area (Å²) >= 11 is 2.50. The first kappa shape index (κ1) is 46.5. The summed E-state index contributed by atoms with van der Waals surface area (Å²) < 4.78 is 8.58. The Bertz CT molecular complexity index is 2920. The fourth-order valence-electron chi connectivity index (χ4n) is 12.5. The van der Waals surface area contributed by atoms with Gasteiger partial charge in [-0.25, -0.2) is 0 Å². The molecule has 67 heavy (non-hydrogen) atoms. The van der Waals surface area contributed by atoms with E-state index in [1.165, 1.54) is 109 Å². The van der Waals surface area contributed by atoms with E-state index in [9.17, 15) is 0 Å². The monoisotopic (exact) mass is 1000 g/mol. The van der Waals surface area contributed by atoms with Crippen molar-refractivity contribution in [3.8, 4) is 0 Å². The van der Waals surface area contributed by atoms with Gasteiger partial charge >= 0.3 is 0 Å². The lowest BCUT2D eigenvalue weighted by molar-refractivity contribution is 0.332. The standard InChI is InChI=1S/C62H74BIN2O/c1-57(2,3)41(26-31-64)21-18-32-65-50-37-47-46(60(9,10)28-29-61(47,11)12)36-49(50)63-54-44-35-45-48(62(13,14)30-27-59(45,7)8)38-53(44)67-56(54)66(43-24-22-42(23-25-43)58(4,5)6)52-34-40(33-51(65)55(52)63)39-19-16-15-17-20-39/h15-26,33,35-38,52H,27-32,34H2,1-14H3/b21-18-,41-26+. The molecule has 1 unspecified atom stereocenters. The van der Waals surface area contributed by atoms with Crippen molar-refractivity contribution in [3.05, 3.63) is 153 Å². The van der Waals surface area contributed by atoms with Gasteiger partial charge in [-0.3, -0.25) is 0 Å². The molecule has 5 heteroatoms. The van der Waals surface area contributed by atoms with Gasteiger partial charge in [-0.1, -0.05) is 186 Å². The molecule has 3 aliphatic carbocycles. The van der Waals surface area contributed by atoms with Gasteiger partial charge in [0.2, 0.25) is 0 Å². The number of nitrogens with zero attached hydrogens (tertiary/aromatic N) is 2. The van der Waals surface area contributed by atoms with Crippen LogP contribution >= 0.6 is 22.6 Å². The van der Waals surface area contributed by atoms with E-state index in [4.69, 9.17) is 4.42 Å². The first-order chi connectivity index (χ1) is 31.4. The largest absolute Gasteiger partial charge is 0.441 e. The Labute approximate surface area is 417 Å². The lowest BCUT2D eigenvalue weighted by atomic mass is 9.31. The Balaban J connectivity index is 1.32. The van der Waals surface area contributed by atoms with Gasteiger partial charge in [0.15, 0.2) is 5.88 Å². The van der Waals surface area contributed by atoms with Crippen LogP contribution in [0.1, 0.15) is 162 Å². The van der Waals surface area contributed by atoms with Crippen molar-refractivity contribution < 1.29 is 4.42 Å². The second-order valence-electron chi connectivity index (χ2n) is 25.5. The lowest BCUT2D eigenvalue weighted by Gasteiger charge is -2.50. The fourth-order valence-corrected chi connectivity index (χ4v) is 13.0. The average molecular weight is 1000 g/mol. The molecule has 2 aliphatic heterocycles. The van der Waals surface area contributed by atoms with Gasteiger partial charge in [-0.15, -0.1) is 0 Å². The summed E-state index contributed by atoms with van der Waals surface area (Å²) in [6.45, 7) is 34.5. The van der Waals surface area contributed by atoms with Crippen LogP contribution in [0.2, 0.25) is 0 Å². The third-order valence-corrected chi connectivity index (χ3v) is 17.4. The molecule has 1 aromatic heterocycles. The topological polar surface area (TPSA) is 19.6 Å². The van der Waals surface area contributed by atoms with Crippen molar-refractivity contribution in [2.75, 3.05) is 20.8 Å². The highest BCUT2D eigenvalue weighted by molar-refractivity contribution is 14.1. The summed E-state index contributed by atoms with van der Waals surface area (Å²) in [5, 5.41) is 1.28. The maximum absolute atomic E-state index is 7.59. The van der Waals surface area contributed by atoms with Crippen LogP contribution in [0, 0.1) is 5.41 Å². The van der Waals surface area contributed by atoms with E-state index in [0.29, 0.717) is 0 Å². The molecular formula is C62H74BIN2O. The summed E-state index contributed by atoms with van der Waals surface area (Å²) in [4.78, 5) is 5.35. The minimum atomic E-state index is 0.0260. The Hall–Kier alpha value is -4.23. The van der Waals surface area contributed by atoms with Gasteiger partial charge in [-0.2, -0.15) is 0 Å². The maximum atomic E-state index is 7.59. The smallest absolute Gasteiger partial charge is 0.252 e. The first-order valence-electron chi connectivity index (χ1n) is 25.3. The molecule has 0 radical (unpaired) electrons. The summed E-state index contributed by atoms with van der Waals surface area (Å²) in [5.41, 5.74) is 20.8. The second kappa shape index (κ2) is 15.9. The van der Waals surface area contributed by atoms with Gasteiger partial charge in [0.05, 0.1) is 6.04 Å². The third-order valence-electron chi connectivity index (χ3n) is 17.0. The summed E-state index contributed by atoms with van der Waals surface area (Å²) in [6, 6.07) is 31.1. The molecule has 0 spiro atoms. The highest BCUT2D eigenvalue weighted by Gasteiger charge is 2.52. The molecule has 0 N–H and O–H groups in total. The fraction of sp³-hybridized carbons (Fsp3) is 0.452. The molecule has 10 rings (SSSR count). The van der Waals surface area contributed by atoms with Crippen LogP contribution in [-0.4, -0.2) is 23.7 Å². The Morgan fingerprint density at radius 2 is 1.33 bits per heavy atom. The molecule has 0 fully saturated rings. The Morgan fingerprint density at radius 1 is 0.746 bits per heavy atom. The number of halogens is 1. The van der Waals surface area contributed by atoms with Crippen molar-refractivity contribution in [1.82, 2.24) is 0 Å². The van der Waals surface area contributed by atoms with Gasteiger partial charge in [0.1, 0.15) is 5.58 Å². The number of furan rings is 1. The number of fused-ring (bicyclic) bond motifs is 8. The van der Waals surface area contributed by atoms with Crippen LogP contribution in [0.5, 0.6) is 0 Å². The first-order valence-corrected chi connectivity index (χ1v) is 26.8. The molecule has 0 amide bonds. The number of alkyl halides is 1.